The van der Waals surface area contributed by atoms with E-state index in [1.165, 1.54) is 19.4 Å². The number of nitrogens with zero attached hydrogens (tertiary/aromatic N) is 1. The van der Waals surface area contributed by atoms with E-state index in [0.717, 1.165) is 25.9 Å². The van der Waals surface area contributed by atoms with Crippen molar-refractivity contribution in [2.24, 2.45) is 5.92 Å². The van der Waals surface area contributed by atoms with Crippen LogP contribution in [0.3, 0.4) is 0 Å². The molecule has 2 rings (SSSR count). The molecule has 0 radical (unpaired) electrons. The maximum Gasteiger partial charge on any atom is 0.302 e. The zero-order valence-corrected chi connectivity index (χ0v) is 14.0. The van der Waals surface area contributed by atoms with Crippen LogP contribution in [0.25, 0.3) is 0 Å². The number of likely N-dealkylation sites (tertiary alicyclic amines) is 1. The molecule has 126 valence electrons. The van der Waals surface area contributed by atoms with Crippen molar-refractivity contribution in [2.45, 2.75) is 32.7 Å². The minimum atomic E-state index is -0.222. The normalized spacial score (nSPS) is 21.7. The molecule has 0 aromatic heterocycles. The molecule has 0 unspecified atom stereocenters. The monoisotopic (exact) mass is 318 g/mol. The Labute approximate surface area is 138 Å². The van der Waals surface area contributed by atoms with E-state index in [1.807, 2.05) is 6.07 Å². The number of carbonyl (C=O) groups excluding carboxylic acids is 2. The number of hydrogen-bond acceptors (Lipinski definition) is 4. The van der Waals surface area contributed by atoms with E-state index in [-0.39, 0.29) is 11.9 Å². The molecule has 1 aliphatic rings. The van der Waals surface area contributed by atoms with E-state index in [2.05, 4.69) is 34.5 Å². The standard InChI is InChI=1S/C18H26N2O3/c1-14(21)19-10-11-20-12-16(13-23-15(2)22)8-9-18(20)17-6-4-3-5-7-17/h3-7,16,18H,8-13H2,1-2H3,(H,19,21)/t16-,18-/m0/s1. The SMILES string of the molecule is CC(=O)NCCN1C[C@@H](COC(C)=O)CC[C@H]1c1ccccc1. The largest absolute Gasteiger partial charge is 0.466 e. The molecule has 1 aromatic carbocycles. The Bertz CT molecular complexity index is 518. The van der Waals surface area contributed by atoms with Crippen LogP contribution < -0.4 is 5.32 Å². The van der Waals surface area contributed by atoms with E-state index < -0.39 is 0 Å². The highest BCUT2D eigenvalue weighted by Gasteiger charge is 2.29. The number of carbonyl (C=O) groups is 2. The molecule has 0 spiro atoms. The van der Waals surface area contributed by atoms with Crippen molar-refractivity contribution in [2.75, 3.05) is 26.2 Å². The maximum absolute atomic E-state index is 11.1. The molecule has 0 aliphatic carbocycles. The van der Waals surface area contributed by atoms with Crippen LogP contribution in [0.15, 0.2) is 30.3 Å². The predicted molar refractivity (Wildman–Crippen MR) is 88.8 cm³/mol. The maximum atomic E-state index is 11.1. The first-order valence-corrected chi connectivity index (χ1v) is 8.23. The zero-order valence-electron chi connectivity index (χ0n) is 14.0. The van der Waals surface area contributed by atoms with E-state index in [0.29, 0.717) is 25.1 Å². The van der Waals surface area contributed by atoms with Crippen molar-refractivity contribution in [1.29, 1.82) is 0 Å². The molecule has 5 nitrogen and oxygen atoms in total. The van der Waals surface area contributed by atoms with Crippen LogP contribution in [0.4, 0.5) is 0 Å². The minimum Gasteiger partial charge on any atom is -0.466 e. The Morgan fingerprint density at radius 1 is 1.22 bits per heavy atom. The van der Waals surface area contributed by atoms with Crippen molar-refractivity contribution < 1.29 is 14.3 Å². The quantitative estimate of drug-likeness (QED) is 0.817. The van der Waals surface area contributed by atoms with Crippen molar-refractivity contribution >= 4 is 11.9 Å². The van der Waals surface area contributed by atoms with Crippen LogP contribution in [0.5, 0.6) is 0 Å². The Morgan fingerprint density at radius 2 is 1.96 bits per heavy atom. The first-order valence-electron chi connectivity index (χ1n) is 8.23. The molecule has 1 heterocycles. The van der Waals surface area contributed by atoms with Crippen LogP contribution >= 0.6 is 0 Å². The molecule has 1 N–H and O–H groups in total. The average molecular weight is 318 g/mol. The molecule has 2 atom stereocenters. The molecular formula is C18H26N2O3. The summed E-state index contributed by atoms with van der Waals surface area (Å²) >= 11 is 0. The summed E-state index contributed by atoms with van der Waals surface area (Å²) in [7, 11) is 0. The minimum absolute atomic E-state index is 0.00488. The van der Waals surface area contributed by atoms with Gasteiger partial charge in [-0.15, -0.1) is 0 Å². The third-order valence-electron chi connectivity index (χ3n) is 4.26. The highest BCUT2D eigenvalue weighted by Crippen LogP contribution is 2.33. The third-order valence-corrected chi connectivity index (χ3v) is 4.26. The molecule has 0 bridgehead atoms. The fourth-order valence-electron chi connectivity index (χ4n) is 3.17. The summed E-state index contributed by atoms with van der Waals surface area (Å²) in [5.74, 6) is 0.130. The van der Waals surface area contributed by atoms with E-state index in [1.54, 1.807) is 0 Å². The average Bonchev–Trinajstić information content (AvgIpc) is 2.53. The summed E-state index contributed by atoms with van der Waals surface area (Å²) in [5, 5.41) is 2.86. The molecule has 1 aliphatic heterocycles. The summed E-state index contributed by atoms with van der Waals surface area (Å²) in [6, 6.07) is 10.8. The van der Waals surface area contributed by atoms with Gasteiger partial charge in [0.2, 0.25) is 5.91 Å². The molecule has 5 heteroatoms. The van der Waals surface area contributed by atoms with Gasteiger partial charge in [-0.3, -0.25) is 14.5 Å². The van der Waals surface area contributed by atoms with E-state index >= 15 is 0 Å². The molecule has 1 aromatic rings. The second-order valence-corrected chi connectivity index (χ2v) is 6.15. The summed E-state index contributed by atoms with van der Waals surface area (Å²) in [5.41, 5.74) is 1.31. The van der Waals surface area contributed by atoms with Gasteiger partial charge >= 0.3 is 5.97 Å². The van der Waals surface area contributed by atoms with Crippen LogP contribution in [0.2, 0.25) is 0 Å². The van der Waals surface area contributed by atoms with Gasteiger partial charge in [0.25, 0.3) is 0 Å². The second-order valence-electron chi connectivity index (χ2n) is 6.15. The van der Waals surface area contributed by atoms with Crippen molar-refractivity contribution in [3.63, 3.8) is 0 Å². The number of amides is 1. The topological polar surface area (TPSA) is 58.6 Å². The number of piperidine rings is 1. The summed E-state index contributed by atoms with van der Waals surface area (Å²) < 4.78 is 5.18. The lowest BCUT2D eigenvalue weighted by Gasteiger charge is -2.39. The lowest BCUT2D eigenvalue weighted by Crippen LogP contribution is -2.43. The molecule has 0 saturated carbocycles. The number of hydrogen-bond donors (Lipinski definition) is 1. The zero-order chi connectivity index (χ0) is 16.7. The van der Waals surface area contributed by atoms with Gasteiger partial charge in [-0.1, -0.05) is 30.3 Å². The van der Waals surface area contributed by atoms with Crippen molar-refractivity contribution in [3.8, 4) is 0 Å². The number of benzene rings is 1. The predicted octanol–water partition coefficient (Wildman–Crippen LogP) is 2.14. The number of esters is 1. The molecule has 23 heavy (non-hydrogen) atoms. The third kappa shape index (κ3) is 5.67. The van der Waals surface area contributed by atoms with Gasteiger partial charge in [0.05, 0.1) is 6.61 Å². The Kier molecular flexibility index (Phi) is 6.59. The number of rotatable bonds is 6. The van der Waals surface area contributed by atoms with Gasteiger partial charge in [-0.05, 0) is 18.4 Å². The summed E-state index contributed by atoms with van der Waals surface area (Å²) in [6.45, 7) is 5.78. The van der Waals surface area contributed by atoms with Gasteiger partial charge in [-0.25, -0.2) is 0 Å². The molecule has 1 saturated heterocycles. The molecular weight excluding hydrogens is 292 g/mol. The lowest BCUT2D eigenvalue weighted by molar-refractivity contribution is -0.143. The summed E-state index contributed by atoms with van der Waals surface area (Å²) in [4.78, 5) is 24.5. The van der Waals surface area contributed by atoms with Gasteiger partial charge in [0, 0.05) is 45.4 Å². The molecule has 1 amide bonds. The van der Waals surface area contributed by atoms with Crippen LogP contribution in [-0.4, -0.2) is 43.0 Å². The fraction of sp³-hybridized carbons (Fsp3) is 0.556. The first-order chi connectivity index (χ1) is 11.1. The Morgan fingerprint density at radius 3 is 2.61 bits per heavy atom. The van der Waals surface area contributed by atoms with Gasteiger partial charge in [-0.2, -0.15) is 0 Å². The molecule has 1 fully saturated rings. The van der Waals surface area contributed by atoms with E-state index in [9.17, 15) is 9.59 Å². The van der Waals surface area contributed by atoms with Crippen LogP contribution in [-0.2, 0) is 14.3 Å². The van der Waals surface area contributed by atoms with Gasteiger partial charge in [0.15, 0.2) is 0 Å². The fourth-order valence-corrected chi connectivity index (χ4v) is 3.17. The van der Waals surface area contributed by atoms with Gasteiger partial charge < -0.3 is 10.1 Å². The highest BCUT2D eigenvalue weighted by atomic mass is 16.5. The van der Waals surface area contributed by atoms with Crippen LogP contribution in [0, 0.1) is 5.92 Å². The van der Waals surface area contributed by atoms with Crippen molar-refractivity contribution in [3.05, 3.63) is 35.9 Å². The van der Waals surface area contributed by atoms with Crippen LogP contribution in [0.1, 0.15) is 38.3 Å². The smallest absolute Gasteiger partial charge is 0.302 e. The Balaban J connectivity index is 1.99. The van der Waals surface area contributed by atoms with Gasteiger partial charge in [0.1, 0.15) is 0 Å². The van der Waals surface area contributed by atoms with E-state index in [4.69, 9.17) is 4.74 Å². The Hall–Kier alpha value is -1.88. The van der Waals surface area contributed by atoms with Crippen molar-refractivity contribution in [1.82, 2.24) is 10.2 Å². The number of ether oxygens (including phenoxy) is 1. The summed E-state index contributed by atoms with van der Waals surface area (Å²) in [6.07, 6.45) is 2.08. The number of nitrogens with one attached hydrogen (secondary N) is 1. The second kappa shape index (κ2) is 8.67. The lowest BCUT2D eigenvalue weighted by atomic mass is 9.89. The first kappa shape index (κ1) is 17.5. The highest BCUT2D eigenvalue weighted by molar-refractivity contribution is 5.72.